The van der Waals surface area contributed by atoms with Crippen LogP contribution in [0.2, 0.25) is 0 Å². The Bertz CT molecular complexity index is 436. The molecule has 1 amide bonds. The molecule has 19 heavy (non-hydrogen) atoms. The largest absolute Gasteiger partial charge is 0.352 e. The van der Waals surface area contributed by atoms with Crippen LogP contribution >= 0.6 is 0 Å². The lowest BCUT2D eigenvalue weighted by Gasteiger charge is -2.22. The third-order valence-corrected chi connectivity index (χ3v) is 3.91. The van der Waals surface area contributed by atoms with Crippen molar-refractivity contribution in [3.63, 3.8) is 0 Å². The molecule has 2 rings (SSSR count). The molecule has 0 radical (unpaired) electrons. The molecule has 1 heterocycles. The molecule has 2 N–H and O–H groups in total. The number of carbonyl (C=O) groups excluding carboxylic acids is 1. The highest BCUT2D eigenvalue weighted by molar-refractivity contribution is 5.76. The number of rotatable bonds is 4. The highest BCUT2D eigenvalue weighted by Crippen LogP contribution is 2.16. The molecule has 1 aliphatic rings. The van der Waals surface area contributed by atoms with E-state index < -0.39 is 0 Å². The van der Waals surface area contributed by atoms with E-state index in [-0.39, 0.29) is 5.91 Å². The van der Waals surface area contributed by atoms with Gasteiger partial charge in [0.1, 0.15) is 0 Å². The molecule has 1 saturated heterocycles. The maximum Gasteiger partial charge on any atom is 0.220 e. The van der Waals surface area contributed by atoms with Gasteiger partial charge in [0.25, 0.3) is 0 Å². The van der Waals surface area contributed by atoms with Gasteiger partial charge in [-0.25, -0.2) is 0 Å². The fourth-order valence-electron chi connectivity index (χ4n) is 2.60. The first-order valence-corrected chi connectivity index (χ1v) is 7.18. The highest BCUT2D eigenvalue weighted by Gasteiger charge is 2.16. The van der Waals surface area contributed by atoms with Crippen molar-refractivity contribution in [2.24, 2.45) is 5.92 Å². The maximum absolute atomic E-state index is 11.9. The van der Waals surface area contributed by atoms with Crippen molar-refractivity contribution >= 4 is 5.91 Å². The Morgan fingerprint density at radius 2 is 2.05 bits per heavy atom. The lowest BCUT2D eigenvalue weighted by Crippen LogP contribution is -2.32. The summed E-state index contributed by atoms with van der Waals surface area (Å²) in [6.07, 6.45) is 2.92. The number of hydrogen-bond donors (Lipinski definition) is 2. The van der Waals surface area contributed by atoms with E-state index in [0.29, 0.717) is 18.9 Å². The molecule has 3 heteroatoms. The van der Waals surface area contributed by atoms with Crippen molar-refractivity contribution in [3.05, 3.63) is 34.9 Å². The van der Waals surface area contributed by atoms with Crippen LogP contribution in [-0.4, -0.2) is 19.0 Å². The molecule has 1 aromatic rings. The van der Waals surface area contributed by atoms with Crippen LogP contribution in [0.25, 0.3) is 0 Å². The zero-order valence-corrected chi connectivity index (χ0v) is 12.0. The summed E-state index contributed by atoms with van der Waals surface area (Å²) in [5, 5.41) is 6.38. The minimum Gasteiger partial charge on any atom is -0.352 e. The third kappa shape index (κ3) is 4.35. The Balaban J connectivity index is 1.81. The van der Waals surface area contributed by atoms with Crippen LogP contribution in [-0.2, 0) is 11.3 Å². The normalized spacial score (nSPS) is 16.3. The van der Waals surface area contributed by atoms with Gasteiger partial charge in [-0.2, -0.15) is 0 Å². The number of benzene rings is 1. The maximum atomic E-state index is 11.9. The zero-order chi connectivity index (χ0) is 13.7. The third-order valence-electron chi connectivity index (χ3n) is 3.91. The number of hydrogen-bond acceptors (Lipinski definition) is 2. The standard InChI is InChI=1S/C16H24N2O/c1-12-3-4-13(2)15(9-12)11-18-16(19)10-14-5-7-17-8-6-14/h3-4,9,14,17H,5-8,10-11H2,1-2H3,(H,18,19). The van der Waals surface area contributed by atoms with Gasteiger partial charge in [-0.1, -0.05) is 23.8 Å². The van der Waals surface area contributed by atoms with Crippen molar-refractivity contribution in [2.75, 3.05) is 13.1 Å². The van der Waals surface area contributed by atoms with Gasteiger partial charge < -0.3 is 10.6 Å². The molecule has 0 aliphatic carbocycles. The van der Waals surface area contributed by atoms with E-state index >= 15 is 0 Å². The second kappa shape index (κ2) is 6.71. The van der Waals surface area contributed by atoms with Gasteiger partial charge in [-0.05, 0) is 56.8 Å². The number of nitrogens with one attached hydrogen (secondary N) is 2. The predicted octanol–water partition coefficient (Wildman–Crippen LogP) is 2.31. The van der Waals surface area contributed by atoms with E-state index in [1.807, 2.05) is 0 Å². The summed E-state index contributed by atoms with van der Waals surface area (Å²) in [5.74, 6) is 0.743. The number of piperidine rings is 1. The highest BCUT2D eigenvalue weighted by atomic mass is 16.1. The van der Waals surface area contributed by atoms with Crippen LogP contribution in [0, 0.1) is 19.8 Å². The summed E-state index contributed by atoms with van der Waals surface area (Å²) < 4.78 is 0. The molecule has 1 aromatic carbocycles. The first kappa shape index (κ1) is 14.1. The van der Waals surface area contributed by atoms with Crippen molar-refractivity contribution in [1.82, 2.24) is 10.6 Å². The van der Waals surface area contributed by atoms with E-state index in [4.69, 9.17) is 0 Å². The Kier molecular flexibility index (Phi) is 4.97. The van der Waals surface area contributed by atoms with Gasteiger partial charge in [0.05, 0.1) is 0 Å². The molecule has 104 valence electrons. The summed E-state index contributed by atoms with van der Waals surface area (Å²) in [4.78, 5) is 11.9. The first-order chi connectivity index (χ1) is 9.15. The van der Waals surface area contributed by atoms with Gasteiger partial charge in [0, 0.05) is 13.0 Å². The molecule has 0 unspecified atom stereocenters. The van der Waals surface area contributed by atoms with Crippen molar-refractivity contribution in [1.29, 1.82) is 0 Å². The average Bonchev–Trinajstić information content (AvgIpc) is 2.41. The van der Waals surface area contributed by atoms with Crippen LogP contribution in [0.4, 0.5) is 0 Å². The Morgan fingerprint density at radius 3 is 2.79 bits per heavy atom. The van der Waals surface area contributed by atoms with Gasteiger partial charge >= 0.3 is 0 Å². The smallest absolute Gasteiger partial charge is 0.220 e. The second-order valence-corrected chi connectivity index (χ2v) is 5.60. The van der Waals surface area contributed by atoms with E-state index in [9.17, 15) is 4.79 Å². The summed E-state index contributed by atoms with van der Waals surface area (Å²) >= 11 is 0. The molecule has 0 saturated carbocycles. The van der Waals surface area contributed by atoms with Gasteiger partial charge in [-0.15, -0.1) is 0 Å². The van der Waals surface area contributed by atoms with E-state index in [0.717, 1.165) is 25.9 Å². The number of aryl methyl sites for hydroxylation is 2. The Hall–Kier alpha value is -1.35. The van der Waals surface area contributed by atoms with Crippen LogP contribution < -0.4 is 10.6 Å². The van der Waals surface area contributed by atoms with Crippen molar-refractivity contribution < 1.29 is 4.79 Å². The molecule has 0 aromatic heterocycles. The van der Waals surface area contributed by atoms with Crippen molar-refractivity contribution in [3.8, 4) is 0 Å². The summed E-state index contributed by atoms with van der Waals surface area (Å²) in [7, 11) is 0. The molecule has 0 bridgehead atoms. The quantitative estimate of drug-likeness (QED) is 0.872. The van der Waals surface area contributed by atoms with E-state index in [1.165, 1.54) is 16.7 Å². The van der Waals surface area contributed by atoms with Crippen molar-refractivity contribution in [2.45, 2.75) is 39.7 Å². The molecule has 0 atom stereocenters. The molecule has 1 fully saturated rings. The second-order valence-electron chi connectivity index (χ2n) is 5.60. The Morgan fingerprint density at radius 1 is 1.32 bits per heavy atom. The van der Waals surface area contributed by atoms with Crippen LogP contribution in [0.3, 0.4) is 0 Å². The lowest BCUT2D eigenvalue weighted by atomic mass is 9.94. The topological polar surface area (TPSA) is 41.1 Å². The SMILES string of the molecule is Cc1ccc(C)c(CNC(=O)CC2CCNCC2)c1. The molecular weight excluding hydrogens is 236 g/mol. The van der Waals surface area contributed by atoms with Gasteiger partial charge in [-0.3, -0.25) is 4.79 Å². The summed E-state index contributed by atoms with van der Waals surface area (Å²) in [5.41, 5.74) is 3.71. The average molecular weight is 260 g/mol. The molecule has 0 spiro atoms. The summed E-state index contributed by atoms with van der Waals surface area (Å²) in [6, 6.07) is 6.37. The predicted molar refractivity (Wildman–Crippen MR) is 78.0 cm³/mol. The summed E-state index contributed by atoms with van der Waals surface area (Å²) in [6.45, 7) is 6.93. The number of amides is 1. The molecule has 3 nitrogen and oxygen atoms in total. The minimum atomic E-state index is 0.188. The van der Waals surface area contributed by atoms with Crippen LogP contribution in [0.15, 0.2) is 18.2 Å². The molecule has 1 aliphatic heterocycles. The van der Waals surface area contributed by atoms with Gasteiger partial charge in [0.2, 0.25) is 5.91 Å². The minimum absolute atomic E-state index is 0.188. The van der Waals surface area contributed by atoms with Crippen LogP contribution in [0.1, 0.15) is 36.0 Å². The fourth-order valence-corrected chi connectivity index (χ4v) is 2.60. The lowest BCUT2D eigenvalue weighted by molar-refractivity contribution is -0.122. The zero-order valence-electron chi connectivity index (χ0n) is 12.0. The molecular formula is C16H24N2O. The van der Waals surface area contributed by atoms with E-state index in [1.54, 1.807) is 0 Å². The monoisotopic (exact) mass is 260 g/mol. The van der Waals surface area contributed by atoms with Crippen LogP contribution in [0.5, 0.6) is 0 Å². The first-order valence-electron chi connectivity index (χ1n) is 7.18. The van der Waals surface area contributed by atoms with Gasteiger partial charge in [0.15, 0.2) is 0 Å². The number of carbonyl (C=O) groups is 1. The fraction of sp³-hybridized carbons (Fsp3) is 0.562. The van der Waals surface area contributed by atoms with E-state index in [2.05, 4.69) is 42.7 Å². The Labute approximate surface area is 115 Å².